The lowest BCUT2D eigenvalue weighted by atomic mass is 9.52. The molecule has 0 amide bonds. The van der Waals surface area contributed by atoms with E-state index in [9.17, 15) is 10.2 Å². The summed E-state index contributed by atoms with van der Waals surface area (Å²) in [5.74, 6) is 1.41. The van der Waals surface area contributed by atoms with Crippen LogP contribution in [0.25, 0.3) is 0 Å². The van der Waals surface area contributed by atoms with Crippen LogP contribution < -0.4 is 10.1 Å². The molecule has 4 aliphatic rings. The first-order valence-corrected chi connectivity index (χ1v) is 7.65. The van der Waals surface area contributed by atoms with E-state index in [0.717, 1.165) is 32.2 Å². The molecule has 1 aromatic rings. The maximum absolute atomic E-state index is 10.5. The number of nitrogens with one attached hydrogen (secondary N) is 1. The number of piperidine rings is 1. The molecule has 4 nitrogen and oxygen atoms in total. The molecule has 0 aromatic heterocycles. The van der Waals surface area contributed by atoms with Gasteiger partial charge in [-0.15, -0.1) is 0 Å². The molecule has 2 fully saturated rings. The molecule has 1 saturated heterocycles. The van der Waals surface area contributed by atoms with Crippen LogP contribution in [0.5, 0.6) is 11.5 Å². The fourth-order valence-electron chi connectivity index (χ4n) is 5.43. The summed E-state index contributed by atoms with van der Waals surface area (Å²) in [6.45, 7) is 0.974. The number of hydrogen-bond donors (Lipinski definition) is 3. The zero-order valence-electron chi connectivity index (χ0n) is 11.3. The Balaban J connectivity index is 1.83. The summed E-state index contributed by atoms with van der Waals surface area (Å²) in [7, 11) is 0. The minimum absolute atomic E-state index is 0.0742. The van der Waals surface area contributed by atoms with Gasteiger partial charge in [-0.3, -0.25) is 0 Å². The SMILES string of the molecule is Oc1ccc2c3c1O[C@H]1[C@@H](O)CC[C@H]4[C@@H](C2)NCC[C@@]341. The molecule has 2 bridgehead atoms. The van der Waals surface area contributed by atoms with E-state index in [0.29, 0.717) is 17.7 Å². The van der Waals surface area contributed by atoms with Crippen molar-refractivity contribution < 1.29 is 14.9 Å². The third-order valence-corrected chi connectivity index (χ3v) is 6.10. The minimum atomic E-state index is -0.414. The van der Waals surface area contributed by atoms with Gasteiger partial charge in [0.2, 0.25) is 0 Å². The smallest absolute Gasteiger partial charge is 0.165 e. The Morgan fingerprint density at radius 2 is 2.20 bits per heavy atom. The number of rotatable bonds is 0. The number of aliphatic hydroxyl groups is 1. The fraction of sp³-hybridized carbons (Fsp3) is 0.625. The van der Waals surface area contributed by atoms with E-state index in [2.05, 4.69) is 5.32 Å². The topological polar surface area (TPSA) is 61.7 Å². The number of ether oxygens (including phenoxy) is 1. The first-order valence-electron chi connectivity index (χ1n) is 7.65. The van der Waals surface area contributed by atoms with Crippen LogP contribution in [0.3, 0.4) is 0 Å². The van der Waals surface area contributed by atoms with Crippen molar-refractivity contribution >= 4 is 0 Å². The second-order valence-electron chi connectivity index (χ2n) is 6.79. The largest absolute Gasteiger partial charge is 0.504 e. The van der Waals surface area contributed by atoms with Crippen LogP contribution in [0.4, 0.5) is 0 Å². The molecule has 2 heterocycles. The van der Waals surface area contributed by atoms with Crippen molar-refractivity contribution in [2.75, 3.05) is 6.54 Å². The van der Waals surface area contributed by atoms with E-state index >= 15 is 0 Å². The van der Waals surface area contributed by atoms with Crippen LogP contribution in [0.1, 0.15) is 30.4 Å². The van der Waals surface area contributed by atoms with Gasteiger partial charge in [0.25, 0.3) is 0 Å². The molecule has 2 aliphatic carbocycles. The average Bonchev–Trinajstić information content (AvgIpc) is 2.78. The summed E-state index contributed by atoms with van der Waals surface area (Å²) in [5, 5.41) is 24.3. The van der Waals surface area contributed by atoms with Crippen LogP contribution in [-0.2, 0) is 11.8 Å². The molecule has 5 atom stereocenters. The van der Waals surface area contributed by atoms with E-state index in [1.807, 2.05) is 6.07 Å². The van der Waals surface area contributed by atoms with Gasteiger partial charge in [0.05, 0.1) is 6.10 Å². The number of phenols is 1. The zero-order chi connectivity index (χ0) is 13.5. The molecular formula is C16H19NO3. The summed E-state index contributed by atoms with van der Waals surface area (Å²) in [6.07, 6.45) is 3.28. The van der Waals surface area contributed by atoms with E-state index in [-0.39, 0.29) is 17.3 Å². The Morgan fingerprint density at radius 3 is 3.10 bits per heavy atom. The van der Waals surface area contributed by atoms with Crippen molar-refractivity contribution in [1.82, 2.24) is 5.32 Å². The van der Waals surface area contributed by atoms with Crippen LogP contribution >= 0.6 is 0 Å². The highest BCUT2D eigenvalue weighted by atomic mass is 16.5. The van der Waals surface area contributed by atoms with Gasteiger partial charge in [0.15, 0.2) is 11.5 Å². The second kappa shape index (κ2) is 3.49. The Labute approximate surface area is 117 Å². The number of aromatic hydroxyl groups is 1. The predicted octanol–water partition coefficient (Wildman–Crippen LogP) is 1.08. The monoisotopic (exact) mass is 273 g/mol. The number of hydrogen-bond acceptors (Lipinski definition) is 4. The highest BCUT2D eigenvalue weighted by Crippen LogP contribution is 2.62. The molecule has 2 aliphatic heterocycles. The van der Waals surface area contributed by atoms with Crippen molar-refractivity contribution in [2.45, 2.75) is 49.3 Å². The van der Waals surface area contributed by atoms with Crippen molar-refractivity contribution in [3.05, 3.63) is 23.3 Å². The lowest BCUT2D eigenvalue weighted by molar-refractivity contribution is -0.0761. The summed E-state index contributed by atoms with van der Waals surface area (Å²) >= 11 is 0. The molecule has 3 N–H and O–H groups in total. The molecule has 0 unspecified atom stereocenters. The molecular weight excluding hydrogens is 254 g/mol. The van der Waals surface area contributed by atoms with Crippen molar-refractivity contribution in [1.29, 1.82) is 0 Å². The van der Waals surface area contributed by atoms with E-state index in [4.69, 9.17) is 4.74 Å². The Bertz CT molecular complexity index is 602. The molecule has 106 valence electrons. The van der Waals surface area contributed by atoms with Gasteiger partial charge < -0.3 is 20.3 Å². The quantitative estimate of drug-likeness (QED) is 0.662. The average molecular weight is 273 g/mol. The van der Waals surface area contributed by atoms with E-state index < -0.39 is 6.10 Å². The highest BCUT2D eigenvalue weighted by Gasteiger charge is 2.64. The summed E-state index contributed by atoms with van der Waals surface area (Å²) in [4.78, 5) is 0. The van der Waals surface area contributed by atoms with Gasteiger partial charge in [-0.25, -0.2) is 0 Å². The van der Waals surface area contributed by atoms with E-state index in [1.165, 1.54) is 11.1 Å². The van der Waals surface area contributed by atoms with Gasteiger partial charge in [-0.1, -0.05) is 6.07 Å². The Morgan fingerprint density at radius 1 is 1.30 bits per heavy atom. The fourth-order valence-corrected chi connectivity index (χ4v) is 5.43. The van der Waals surface area contributed by atoms with Crippen LogP contribution in [0.2, 0.25) is 0 Å². The third-order valence-electron chi connectivity index (χ3n) is 6.10. The minimum Gasteiger partial charge on any atom is -0.504 e. The predicted molar refractivity (Wildman–Crippen MR) is 73.0 cm³/mol. The summed E-state index contributed by atoms with van der Waals surface area (Å²) in [6, 6.07) is 4.27. The summed E-state index contributed by atoms with van der Waals surface area (Å²) < 4.78 is 6.09. The maximum Gasteiger partial charge on any atom is 0.165 e. The van der Waals surface area contributed by atoms with Gasteiger partial charge in [0, 0.05) is 17.0 Å². The van der Waals surface area contributed by atoms with Crippen molar-refractivity contribution in [2.24, 2.45) is 5.92 Å². The molecule has 4 heteroatoms. The first kappa shape index (κ1) is 11.4. The van der Waals surface area contributed by atoms with Crippen LogP contribution in [0, 0.1) is 5.92 Å². The van der Waals surface area contributed by atoms with Crippen LogP contribution in [-0.4, -0.2) is 35.0 Å². The van der Waals surface area contributed by atoms with Gasteiger partial charge in [-0.2, -0.15) is 0 Å². The number of phenolic OH excluding ortho intramolecular Hbond substituents is 1. The van der Waals surface area contributed by atoms with Gasteiger partial charge in [0.1, 0.15) is 6.10 Å². The zero-order valence-corrected chi connectivity index (χ0v) is 11.3. The molecule has 5 rings (SSSR count). The lowest BCUT2D eigenvalue weighted by Gasteiger charge is -2.56. The van der Waals surface area contributed by atoms with Crippen molar-refractivity contribution in [3.63, 3.8) is 0 Å². The van der Waals surface area contributed by atoms with Crippen LogP contribution in [0.15, 0.2) is 12.1 Å². The van der Waals surface area contributed by atoms with Gasteiger partial charge in [-0.05, 0) is 49.8 Å². The summed E-state index contributed by atoms with van der Waals surface area (Å²) in [5.41, 5.74) is 2.43. The van der Waals surface area contributed by atoms with E-state index in [1.54, 1.807) is 6.07 Å². The second-order valence-corrected chi connectivity index (χ2v) is 6.79. The standard InChI is InChI=1S/C16H19NO3/c18-11-3-1-8-7-10-9-2-4-12(19)15-16(9,5-6-17-10)13(8)14(11)20-15/h1,3,9-10,12,15,17-19H,2,4-7H2/t9-,10+,12-,15-,16-/m0/s1. The molecule has 1 spiro atoms. The highest BCUT2D eigenvalue weighted by molar-refractivity contribution is 5.60. The Kier molecular flexibility index (Phi) is 1.99. The number of benzene rings is 1. The maximum atomic E-state index is 10.5. The molecule has 1 aromatic carbocycles. The normalized spacial score (nSPS) is 43.9. The van der Waals surface area contributed by atoms with Crippen molar-refractivity contribution in [3.8, 4) is 11.5 Å². The third kappa shape index (κ3) is 1.09. The molecule has 0 radical (unpaired) electrons. The lowest BCUT2D eigenvalue weighted by Crippen LogP contribution is -2.66. The Hall–Kier alpha value is -1.26. The first-order chi connectivity index (χ1) is 9.72. The molecule has 20 heavy (non-hydrogen) atoms. The number of aliphatic hydroxyl groups excluding tert-OH is 1. The van der Waals surface area contributed by atoms with Gasteiger partial charge >= 0.3 is 0 Å². The molecule has 1 saturated carbocycles.